The number of primary amides is 1. The molecule has 0 bridgehead atoms. The van der Waals surface area contributed by atoms with Crippen molar-refractivity contribution in [3.05, 3.63) is 65.0 Å². The largest absolute Gasteiger partial charge is 0.586 e. The van der Waals surface area contributed by atoms with Crippen LogP contribution in [0.1, 0.15) is 65.8 Å². The van der Waals surface area contributed by atoms with Gasteiger partial charge < -0.3 is 35.1 Å². The molecule has 0 saturated heterocycles. The Hall–Kier alpha value is -5.05. The van der Waals surface area contributed by atoms with Gasteiger partial charge in [-0.15, -0.1) is 8.78 Å². The van der Waals surface area contributed by atoms with Gasteiger partial charge in [-0.25, -0.2) is 13.9 Å². The van der Waals surface area contributed by atoms with Gasteiger partial charge >= 0.3 is 6.29 Å². The van der Waals surface area contributed by atoms with Gasteiger partial charge in [0, 0.05) is 28.7 Å². The summed E-state index contributed by atoms with van der Waals surface area (Å²) in [6.07, 6.45) is -2.25. The third-order valence-electron chi connectivity index (χ3n) is 8.75. The fourth-order valence-electron chi connectivity index (χ4n) is 5.97. The molecule has 1 aromatic carbocycles. The summed E-state index contributed by atoms with van der Waals surface area (Å²) in [5, 5.41) is 19.3. The normalized spacial score (nSPS) is 18.3. The smallest absolute Gasteiger partial charge is 0.491 e. The lowest BCUT2D eigenvalue weighted by molar-refractivity contribution is -0.286. The molecule has 0 unspecified atom stereocenters. The first-order chi connectivity index (χ1) is 22.8. The highest BCUT2D eigenvalue weighted by Gasteiger charge is 2.62. The Balaban J connectivity index is 1.27. The number of benzene rings is 1. The number of amides is 2. The molecule has 2 amide bonds. The summed E-state index contributed by atoms with van der Waals surface area (Å²) in [6.45, 7) is 1.19. The molecule has 1 atom stereocenters. The maximum atomic E-state index is 16.2. The number of carbonyl (C=O) groups is 2. The zero-order valence-corrected chi connectivity index (χ0v) is 26.0. The number of nitrogens with one attached hydrogen (secondary N) is 1. The monoisotopic (exact) mass is 667 g/mol. The number of nitrogens with zero attached hydrogens (tertiary/aromatic N) is 3. The molecule has 4 heterocycles. The molecule has 1 aliphatic heterocycles. The minimum atomic E-state index is -3.88. The van der Waals surface area contributed by atoms with Crippen LogP contribution in [0.15, 0.2) is 42.5 Å². The topological polar surface area (TPSA) is 160 Å². The minimum Gasteiger partial charge on any atom is -0.491 e. The third-order valence-corrected chi connectivity index (χ3v) is 8.75. The lowest BCUT2D eigenvalue weighted by Gasteiger charge is -2.33. The quantitative estimate of drug-likeness (QED) is 0.202. The molecule has 3 aliphatic rings. The van der Waals surface area contributed by atoms with Crippen molar-refractivity contribution in [2.24, 2.45) is 5.73 Å². The van der Waals surface area contributed by atoms with Crippen LogP contribution in [0.5, 0.6) is 23.1 Å². The van der Waals surface area contributed by atoms with E-state index in [4.69, 9.17) is 15.2 Å². The molecule has 15 heteroatoms. The number of methoxy groups -OCH3 is 1. The van der Waals surface area contributed by atoms with E-state index in [0.717, 1.165) is 18.5 Å². The Morgan fingerprint density at radius 1 is 1.12 bits per heavy atom. The average molecular weight is 668 g/mol. The molecular formula is C33H32F3N5O7. The predicted octanol–water partition coefficient (Wildman–Crippen LogP) is 4.15. The Labute approximate surface area is 271 Å². The molecule has 12 nitrogen and oxygen atoms in total. The predicted molar refractivity (Wildman–Crippen MR) is 163 cm³/mol. The third kappa shape index (κ3) is 5.61. The van der Waals surface area contributed by atoms with Gasteiger partial charge in [0.25, 0.3) is 5.91 Å². The van der Waals surface area contributed by atoms with Crippen molar-refractivity contribution in [2.75, 3.05) is 20.3 Å². The van der Waals surface area contributed by atoms with Crippen molar-refractivity contribution in [2.45, 2.75) is 62.5 Å². The Morgan fingerprint density at radius 3 is 2.54 bits per heavy atom. The van der Waals surface area contributed by atoms with Gasteiger partial charge in [-0.2, -0.15) is 5.10 Å². The molecule has 252 valence electrons. The number of fused-ring (bicyclic) bond motifs is 2. The van der Waals surface area contributed by atoms with Crippen LogP contribution in [-0.2, 0) is 16.8 Å². The lowest BCUT2D eigenvalue weighted by Crippen LogP contribution is -2.49. The van der Waals surface area contributed by atoms with E-state index in [-0.39, 0.29) is 71.2 Å². The van der Waals surface area contributed by atoms with Crippen LogP contribution in [-0.4, -0.2) is 63.7 Å². The number of aliphatic hydroxyl groups is 1. The van der Waals surface area contributed by atoms with Gasteiger partial charge in [-0.3, -0.25) is 9.59 Å². The second kappa shape index (κ2) is 11.3. The van der Waals surface area contributed by atoms with Crippen LogP contribution in [0, 0.1) is 0 Å². The summed E-state index contributed by atoms with van der Waals surface area (Å²) in [7, 11) is 1.46. The molecule has 3 aromatic heterocycles. The van der Waals surface area contributed by atoms with Crippen LogP contribution >= 0.6 is 0 Å². The number of hydrogen-bond acceptors (Lipinski definition) is 9. The van der Waals surface area contributed by atoms with E-state index < -0.39 is 35.9 Å². The SMILES string of the molecule is CCOc1c(CC(N)=O)cc([C@@](O)(CNC(=O)c2cc(OC)n3nc(C4CC4)cc3c2)C2(F)CC2)nc1-c1ccc2c(c1)OC(F)(F)O2. The standard InChI is InChI=1S/C33H32F3N5O7/c1-3-46-29-19(13-26(37)42)12-25(39-28(29)18-6-7-23-24(11-18)48-33(35,36)47-23)32(44,31(34)8-9-31)16-38-30(43)20-10-21-15-22(17-4-5-17)40-41(21)27(14-20)45-2/h6-7,10-12,14-15,17,44H,3-5,8-9,13,16H2,1-2H3,(H2,37,42)(H,38,43)/t32-/m0/s1. The van der Waals surface area contributed by atoms with Gasteiger partial charge in [0.2, 0.25) is 11.8 Å². The highest BCUT2D eigenvalue weighted by molar-refractivity contribution is 5.95. The van der Waals surface area contributed by atoms with E-state index in [1.165, 1.54) is 37.4 Å². The maximum absolute atomic E-state index is 16.2. The number of nitrogens with two attached hydrogens (primary N) is 1. The molecule has 0 radical (unpaired) electrons. The van der Waals surface area contributed by atoms with Crippen molar-refractivity contribution in [1.82, 2.24) is 19.9 Å². The van der Waals surface area contributed by atoms with Gasteiger partial charge in [-0.05, 0) is 69.0 Å². The Bertz CT molecular complexity index is 1960. The second-order valence-electron chi connectivity index (χ2n) is 12.2. The average Bonchev–Trinajstić information content (AvgIpc) is 3.96. The fraction of sp³-hybridized carbons (Fsp3) is 0.394. The number of pyridine rings is 2. The number of hydrogen-bond donors (Lipinski definition) is 3. The number of alkyl halides is 3. The number of halogens is 3. The van der Waals surface area contributed by atoms with Crippen LogP contribution in [0.25, 0.3) is 16.8 Å². The van der Waals surface area contributed by atoms with Crippen molar-refractivity contribution in [3.63, 3.8) is 0 Å². The Morgan fingerprint density at radius 2 is 1.88 bits per heavy atom. The summed E-state index contributed by atoms with van der Waals surface area (Å²) >= 11 is 0. The van der Waals surface area contributed by atoms with Crippen LogP contribution in [0.3, 0.4) is 0 Å². The van der Waals surface area contributed by atoms with Gasteiger partial charge in [0.15, 0.2) is 17.1 Å². The first-order valence-corrected chi connectivity index (χ1v) is 15.5. The molecule has 2 saturated carbocycles. The molecule has 2 fully saturated rings. The summed E-state index contributed by atoms with van der Waals surface area (Å²) in [4.78, 5) is 30.2. The van der Waals surface area contributed by atoms with E-state index in [1.807, 2.05) is 6.07 Å². The number of carbonyl (C=O) groups excluding carboxylic acids is 2. The van der Waals surface area contributed by atoms with Crippen LogP contribution in [0.4, 0.5) is 13.2 Å². The second-order valence-corrected chi connectivity index (χ2v) is 12.2. The summed E-state index contributed by atoms with van der Waals surface area (Å²) in [6, 6.07) is 10.2. The van der Waals surface area contributed by atoms with E-state index in [0.29, 0.717) is 17.3 Å². The zero-order valence-electron chi connectivity index (χ0n) is 26.0. The fourth-order valence-corrected chi connectivity index (χ4v) is 5.97. The number of ether oxygens (including phenoxy) is 4. The Kier molecular flexibility index (Phi) is 7.42. The highest BCUT2D eigenvalue weighted by atomic mass is 19.3. The van der Waals surface area contributed by atoms with Crippen molar-refractivity contribution >= 4 is 17.3 Å². The summed E-state index contributed by atoms with van der Waals surface area (Å²) < 4.78 is 65.9. The minimum absolute atomic E-state index is 0.00334. The molecule has 0 spiro atoms. The van der Waals surface area contributed by atoms with Crippen LogP contribution < -0.4 is 30.0 Å². The zero-order chi connectivity index (χ0) is 34.0. The number of rotatable bonds is 12. The van der Waals surface area contributed by atoms with Gasteiger partial charge in [-0.1, -0.05) is 0 Å². The van der Waals surface area contributed by atoms with Gasteiger partial charge in [0.05, 0.1) is 43.6 Å². The van der Waals surface area contributed by atoms with E-state index in [9.17, 15) is 23.5 Å². The molecule has 2 aliphatic carbocycles. The van der Waals surface area contributed by atoms with Gasteiger partial charge in [0.1, 0.15) is 17.1 Å². The first kappa shape index (κ1) is 31.5. The molecular weight excluding hydrogens is 635 g/mol. The van der Waals surface area contributed by atoms with E-state index in [1.54, 1.807) is 17.5 Å². The van der Waals surface area contributed by atoms with Crippen molar-refractivity contribution in [3.8, 4) is 34.4 Å². The summed E-state index contributed by atoms with van der Waals surface area (Å²) in [5.74, 6) is -1.11. The van der Waals surface area contributed by atoms with Crippen molar-refractivity contribution in [1.29, 1.82) is 0 Å². The number of aromatic nitrogens is 3. The maximum Gasteiger partial charge on any atom is 0.586 e. The van der Waals surface area contributed by atoms with Crippen LogP contribution in [0.2, 0.25) is 0 Å². The van der Waals surface area contributed by atoms with E-state index in [2.05, 4.69) is 24.9 Å². The van der Waals surface area contributed by atoms with Crippen molar-refractivity contribution < 1.29 is 46.8 Å². The lowest BCUT2D eigenvalue weighted by atomic mass is 9.88. The molecule has 4 N–H and O–H groups in total. The first-order valence-electron chi connectivity index (χ1n) is 15.5. The molecule has 7 rings (SSSR count). The van der Waals surface area contributed by atoms with E-state index >= 15 is 4.39 Å². The molecule has 48 heavy (non-hydrogen) atoms. The summed E-state index contributed by atoms with van der Waals surface area (Å²) in [5.41, 5.74) is 2.83. The molecule has 4 aromatic rings. The highest BCUT2D eigenvalue weighted by Crippen LogP contribution is 2.54.